The minimum absolute atomic E-state index is 0.620. The third kappa shape index (κ3) is 2.66. The molecule has 82 valence electrons. The summed E-state index contributed by atoms with van der Waals surface area (Å²) in [7, 11) is 0. The second kappa shape index (κ2) is 5.42. The average Bonchev–Trinajstić information content (AvgIpc) is 2.28. The Kier molecular flexibility index (Phi) is 4.38. The molecular formula is C12H6Cl2I2. The van der Waals surface area contributed by atoms with Crippen LogP contribution in [-0.2, 0) is 0 Å². The van der Waals surface area contributed by atoms with Crippen LogP contribution in [0.2, 0.25) is 10.0 Å². The first-order valence-electron chi connectivity index (χ1n) is 4.49. The van der Waals surface area contributed by atoms with Crippen LogP contribution >= 0.6 is 68.4 Å². The summed E-state index contributed by atoms with van der Waals surface area (Å²) >= 11 is 16.8. The van der Waals surface area contributed by atoms with Gasteiger partial charge in [0.15, 0.2) is 0 Å². The van der Waals surface area contributed by atoms with Crippen molar-refractivity contribution in [2.75, 3.05) is 0 Å². The molecule has 16 heavy (non-hydrogen) atoms. The number of halogens is 4. The highest BCUT2D eigenvalue weighted by molar-refractivity contribution is 14.1. The molecule has 2 aromatic rings. The third-order valence-corrected chi connectivity index (χ3v) is 5.01. The Morgan fingerprint density at radius 1 is 0.750 bits per heavy atom. The maximum Gasteiger partial charge on any atom is 0.0732 e. The highest BCUT2D eigenvalue weighted by atomic mass is 127. The van der Waals surface area contributed by atoms with Crippen molar-refractivity contribution >= 4 is 68.4 Å². The molecule has 0 amide bonds. The Morgan fingerprint density at radius 3 is 2.00 bits per heavy atom. The van der Waals surface area contributed by atoms with Crippen LogP contribution in [0.5, 0.6) is 0 Å². The first-order valence-corrected chi connectivity index (χ1v) is 7.40. The van der Waals surface area contributed by atoms with E-state index in [4.69, 9.17) is 23.2 Å². The van der Waals surface area contributed by atoms with Gasteiger partial charge in [-0.1, -0.05) is 41.4 Å². The van der Waals surface area contributed by atoms with Crippen molar-refractivity contribution < 1.29 is 0 Å². The first kappa shape index (κ1) is 12.9. The largest absolute Gasteiger partial charge is 0.0820 e. The van der Waals surface area contributed by atoms with E-state index in [2.05, 4.69) is 57.3 Å². The maximum absolute atomic E-state index is 6.23. The summed E-state index contributed by atoms with van der Waals surface area (Å²) < 4.78 is 2.17. The fourth-order valence-electron chi connectivity index (χ4n) is 1.38. The SMILES string of the molecule is Clc1c(I)ccc(-c2ccc(I)cc2)c1Cl. The van der Waals surface area contributed by atoms with Gasteiger partial charge in [-0.3, -0.25) is 0 Å². The van der Waals surface area contributed by atoms with Gasteiger partial charge in [-0.15, -0.1) is 0 Å². The number of hydrogen-bond donors (Lipinski definition) is 0. The smallest absolute Gasteiger partial charge is 0.0732 e. The van der Waals surface area contributed by atoms with Gasteiger partial charge in [0.05, 0.1) is 10.0 Å². The Hall–Kier alpha value is 0.480. The molecule has 0 unspecified atom stereocenters. The van der Waals surface area contributed by atoms with E-state index in [1.54, 1.807) is 0 Å². The van der Waals surface area contributed by atoms with Crippen LogP contribution in [-0.4, -0.2) is 0 Å². The summed E-state index contributed by atoms with van der Waals surface area (Å²) in [6.07, 6.45) is 0. The minimum Gasteiger partial charge on any atom is -0.0820 e. The van der Waals surface area contributed by atoms with Crippen LogP contribution in [0.25, 0.3) is 11.1 Å². The summed E-state index contributed by atoms with van der Waals surface area (Å²) in [5.74, 6) is 0. The second-order valence-corrected chi connectivity index (χ2v) is 6.39. The highest BCUT2D eigenvalue weighted by Gasteiger charge is 2.09. The lowest BCUT2D eigenvalue weighted by Crippen LogP contribution is -1.83. The van der Waals surface area contributed by atoms with Gasteiger partial charge in [-0.2, -0.15) is 0 Å². The van der Waals surface area contributed by atoms with E-state index in [-0.39, 0.29) is 0 Å². The molecular weight excluding hydrogens is 469 g/mol. The molecule has 0 aromatic heterocycles. The molecule has 0 nitrogen and oxygen atoms in total. The standard InChI is InChI=1S/C12H6Cl2I2/c13-11-9(5-6-10(16)12(11)14)7-1-3-8(15)4-2-7/h1-6H. The normalized spacial score (nSPS) is 10.5. The van der Waals surface area contributed by atoms with Gasteiger partial charge in [0.25, 0.3) is 0 Å². The van der Waals surface area contributed by atoms with E-state index < -0.39 is 0 Å². The topological polar surface area (TPSA) is 0 Å². The molecule has 0 aliphatic heterocycles. The Balaban J connectivity index is 2.57. The van der Waals surface area contributed by atoms with Crippen LogP contribution in [0.3, 0.4) is 0 Å². The van der Waals surface area contributed by atoms with E-state index in [1.807, 2.05) is 24.3 Å². The van der Waals surface area contributed by atoms with Gasteiger partial charge in [0, 0.05) is 12.7 Å². The molecule has 0 atom stereocenters. The van der Waals surface area contributed by atoms with Crippen molar-refractivity contribution in [3.05, 3.63) is 53.6 Å². The predicted octanol–water partition coefficient (Wildman–Crippen LogP) is 5.87. The van der Waals surface area contributed by atoms with Gasteiger partial charge in [-0.05, 0) is 68.9 Å². The molecule has 0 saturated heterocycles. The van der Waals surface area contributed by atoms with Crippen LogP contribution < -0.4 is 0 Å². The molecule has 0 heterocycles. The summed E-state index contributed by atoms with van der Waals surface area (Å²) in [4.78, 5) is 0. The van der Waals surface area contributed by atoms with Crippen molar-refractivity contribution in [3.63, 3.8) is 0 Å². The molecule has 4 heteroatoms. The van der Waals surface area contributed by atoms with Crippen molar-refractivity contribution in [2.24, 2.45) is 0 Å². The molecule has 0 aliphatic carbocycles. The monoisotopic (exact) mass is 474 g/mol. The van der Waals surface area contributed by atoms with Gasteiger partial charge in [-0.25, -0.2) is 0 Å². The lowest BCUT2D eigenvalue weighted by Gasteiger charge is -2.07. The molecule has 0 N–H and O–H groups in total. The van der Waals surface area contributed by atoms with E-state index in [9.17, 15) is 0 Å². The fraction of sp³-hybridized carbons (Fsp3) is 0. The van der Waals surface area contributed by atoms with Gasteiger partial charge in [0.1, 0.15) is 0 Å². The molecule has 0 bridgehead atoms. The fourth-order valence-corrected chi connectivity index (χ4v) is 2.79. The summed E-state index contributed by atoms with van der Waals surface area (Å²) in [6, 6.07) is 12.2. The quantitative estimate of drug-likeness (QED) is 0.358. The number of rotatable bonds is 1. The van der Waals surface area contributed by atoms with Crippen LogP contribution in [0.4, 0.5) is 0 Å². The van der Waals surface area contributed by atoms with E-state index in [0.29, 0.717) is 10.0 Å². The Labute approximate surface area is 132 Å². The molecule has 2 rings (SSSR count). The molecule has 0 radical (unpaired) electrons. The second-order valence-electron chi connectivity index (χ2n) is 3.23. The van der Waals surface area contributed by atoms with Gasteiger partial charge in [0.2, 0.25) is 0 Å². The molecule has 2 aromatic carbocycles. The van der Waals surface area contributed by atoms with Crippen LogP contribution in [0.15, 0.2) is 36.4 Å². The van der Waals surface area contributed by atoms with Crippen LogP contribution in [0, 0.1) is 7.14 Å². The van der Waals surface area contributed by atoms with Crippen molar-refractivity contribution in [1.82, 2.24) is 0 Å². The van der Waals surface area contributed by atoms with E-state index in [1.165, 1.54) is 3.57 Å². The Morgan fingerprint density at radius 2 is 1.38 bits per heavy atom. The van der Waals surface area contributed by atoms with E-state index in [0.717, 1.165) is 14.7 Å². The lowest BCUT2D eigenvalue weighted by atomic mass is 10.1. The third-order valence-electron chi connectivity index (χ3n) is 2.19. The zero-order chi connectivity index (χ0) is 11.7. The van der Waals surface area contributed by atoms with Crippen molar-refractivity contribution in [2.45, 2.75) is 0 Å². The molecule has 0 aliphatic rings. The summed E-state index contributed by atoms with van der Waals surface area (Å²) in [5.41, 5.74) is 2.06. The number of benzene rings is 2. The molecule has 0 fully saturated rings. The predicted molar refractivity (Wildman–Crippen MR) is 87.3 cm³/mol. The van der Waals surface area contributed by atoms with Crippen molar-refractivity contribution in [1.29, 1.82) is 0 Å². The van der Waals surface area contributed by atoms with Gasteiger partial charge >= 0.3 is 0 Å². The van der Waals surface area contributed by atoms with Gasteiger partial charge < -0.3 is 0 Å². The lowest BCUT2D eigenvalue weighted by molar-refractivity contribution is 1.57. The average molecular weight is 475 g/mol. The van der Waals surface area contributed by atoms with Crippen molar-refractivity contribution in [3.8, 4) is 11.1 Å². The number of hydrogen-bond acceptors (Lipinski definition) is 0. The van der Waals surface area contributed by atoms with E-state index >= 15 is 0 Å². The summed E-state index contributed by atoms with van der Waals surface area (Å²) in [6.45, 7) is 0. The minimum atomic E-state index is 0.620. The highest BCUT2D eigenvalue weighted by Crippen LogP contribution is 2.36. The maximum atomic E-state index is 6.23. The summed E-state index contributed by atoms with van der Waals surface area (Å²) in [5, 5.41) is 1.24. The molecule has 0 spiro atoms. The zero-order valence-electron chi connectivity index (χ0n) is 7.98. The van der Waals surface area contributed by atoms with Crippen LogP contribution in [0.1, 0.15) is 0 Å². The first-order chi connectivity index (χ1) is 7.59. The molecule has 0 saturated carbocycles. The Bertz CT molecular complexity index is 521. The zero-order valence-corrected chi connectivity index (χ0v) is 13.8.